The number of hydrogen-bond acceptors (Lipinski definition) is 8. The smallest absolute Gasteiger partial charge is 0.237 e. The highest BCUT2D eigenvalue weighted by Gasteiger charge is 2.28. The van der Waals surface area contributed by atoms with Crippen molar-refractivity contribution in [2.24, 2.45) is 0 Å². The Morgan fingerprint density at radius 2 is 0.778 bits per heavy atom. The fourth-order valence-corrected chi connectivity index (χ4v) is 8.87. The lowest BCUT2D eigenvalue weighted by atomic mass is 10.1. The molecular formula is C51H31N12+. The minimum absolute atomic E-state index is 0.686. The lowest BCUT2D eigenvalue weighted by Crippen LogP contribution is -2.39. The van der Waals surface area contributed by atoms with Crippen LogP contribution in [-0.2, 0) is 0 Å². The molecule has 9 aromatic heterocycles. The molecule has 0 radical (unpaired) electrons. The monoisotopic (exact) mass is 811 g/mol. The number of pyridine rings is 6. The Hall–Kier alpha value is -9.03. The predicted molar refractivity (Wildman–Crippen MR) is 244 cm³/mol. The van der Waals surface area contributed by atoms with Crippen molar-refractivity contribution in [3.05, 3.63) is 189 Å². The Labute approximate surface area is 357 Å². The van der Waals surface area contributed by atoms with Gasteiger partial charge in [-0.25, -0.2) is 24.9 Å². The molecule has 13 rings (SSSR count). The Morgan fingerprint density at radius 3 is 1.30 bits per heavy atom. The molecule has 4 aromatic carbocycles. The van der Waals surface area contributed by atoms with E-state index in [0.29, 0.717) is 22.9 Å². The van der Waals surface area contributed by atoms with Crippen molar-refractivity contribution in [3.63, 3.8) is 0 Å². The molecule has 294 valence electrons. The number of benzene rings is 4. The second kappa shape index (κ2) is 13.8. The summed E-state index contributed by atoms with van der Waals surface area (Å²) in [5.74, 6) is 1.37. The van der Waals surface area contributed by atoms with Crippen LogP contribution < -0.4 is 4.68 Å². The van der Waals surface area contributed by atoms with Gasteiger partial charge >= 0.3 is 0 Å². The Bertz CT molecular complexity index is 3520. The molecule has 0 saturated carbocycles. The third-order valence-electron chi connectivity index (χ3n) is 11.6. The van der Waals surface area contributed by atoms with Crippen molar-refractivity contribution >= 4 is 66.1 Å². The van der Waals surface area contributed by atoms with Crippen LogP contribution in [0.15, 0.2) is 189 Å². The van der Waals surface area contributed by atoms with E-state index >= 15 is 0 Å². The van der Waals surface area contributed by atoms with Gasteiger partial charge in [0.15, 0.2) is 11.3 Å². The zero-order chi connectivity index (χ0) is 41.4. The molecule has 0 atom stereocenters. The first-order valence-corrected chi connectivity index (χ1v) is 20.5. The number of fused-ring (bicyclic) bond motifs is 6. The molecule has 0 spiro atoms. The third kappa shape index (κ3) is 5.45. The van der Waals surface area contributed by atoms with E-state index in [1.165, 1.54) is 0 Å². The zero-order valence-electron chi connectivity index (χ0n) is 33.3. The molecule has 12 heteroatoms. The molecule has 0 N–H and O–H groups in total. The summed E-state index contributed by atoms with van der Waals surface area (Å²) in [5, 5.41) is 3.99. The summed E-state index contributed by atoms with van der Waals surface area (Å²) in [5.41, 5.74) is 11.3. The molecule has 0 saturated heterocycles. The fraction of sp³-hybridized carbons (Fsp3) is 0. The number of nitrogens with zero attached hydrogens (tertiary/aromatic N) is 12. The maximum absolute atomic E-state index is 5.35. The van der Waals surface area contributed by atoms with E-state index in [1.54, 1.807) is 12.4 Å². The first kappa shape index (κ1) is 34.8. The molecule has 0 aliphatic carbocycles. The molecule has 0 fully saturated rings. The Balaban J connectivity index is 1.16. The van der Waals surface area contributed by atoms with Crippen LogP contribution >= 0.6 is 0 Å². The van der Waals surface area contributed by atoms with Crippen molar-refractivity contribution < 1.29 is 4.68 Å². The lowest BCUT2D eigenvalue weighted by molar-refractivity contribution is -0.672. The van der Waals surface area contributed by atoms with Gasteiger partial charge in [-0.2, -0.15) is 0 Å². The Morgan fingerprint density at radius 1 is 0.365 bits per heavy atom. The number of hydrogen-bond donors (Lipinski definition) is 0. The summed E-state index contributed by atoms with van der Waals surface area (Å²) in [6.45, 7) is 0. The number of aromatic nitrogens is 12. The zero-order valence-corrected chi connectivity index (χ0v) is 33.3. The lowest BCUT2D eigenvalue weighted by Gasteiger charge is -2.14. The maximum Gasteiger partial charge on any atom is 0.237 e. The van der Waals surface area contributed by atoms with Crippen LogP contribution in [0, 0.1) is 0 Å². The van der Waals surface area contributed by atoms with Gasteiger partial charge in [-0.3, -0.25) is 24.1 Å². The van der Waals surface area contributed by atoms with Gasteiger partial charge in [-0.1, -0.05) is 64.0 Å². The summed E-state index contributed by atoms with van der Waals surface area (Å²) in [7, 11) is 0. The fourth-order valence-electron chi connectivity index (χ4n) is 8.87. The topological polar surface area (TPSA) is 122 Å². The van der Waals surface area contributed by atoms with Crippen LogP contribution in [0.1, 0.15) is 0 Å². The number of imidazole rings is 2. The van der Waals surface area contributed by atoms with E-state index in [-0.39, 0.29) is 0 Å². The van der Waals surface area contributed by atoms with E-state index in [1.807, 2.05) is 85.5 Å². The van der Waals surface area contributed by atoms with Crippen LogP contribution in [0.25, 0.3) is 112 Å². The minimum Gasteiger partial charge on any atom is -0.274 e. The molecule has 9 heterocycles. The first-order valence-electron chi connectivity index (χ1n) is 20.5. The quantitative estimate of drug-likeness (QED) is 0.152. The Kier molecular flexibility index (Phi) is 7.60. The molecule has 0 amide bonds. The van der Waals surface area contributed by atoms with E-state index in [0.717, 1.165) is 88.7 Å². The minimum atomic E-state index is 0.686. The van der Waals surface area contributed by atoms with Crippen molar-refractivity contribution in [2.75, 3.05) is 0 Å². The van der Waals surface area contributed by atoms with Crippen LogP contribution in [0.3, 0.4) is 0 Å². The highest BCUT2D eigenvalue weighted by atomic mass is 15.4. The highest BCUT2D eigenvalue weighted by molar-refractivity contribution is 5.93. The van der Waals surface area contributed by atoms with Gasteiger partial charge in [0, 0.05) is 76.6 Å². The van der Waals surface area contributed by atoms with E-state index < -0.39 is 0 Å². The third-order valence-corrected chi connectivity index (χ3v) is 11.6. The predicted octanol–water partition coefficient (Wildman–Crippen LogP) is 9.75. The van der Waals surface area contributed by atoms with Crippen LogP contribution in [0.2, 0.25) is 0 Å². The van der Waals surface area contributed by atoms with Crippen molar-refractivity contribution in [2.45, 2.75) is 0 Å². The average Bonchev–Trinajstić information content (AvgIpc) is 4.06. The average molecular weight is 812 g/mol. The van der Waals surface area contributed by atoms with E-state index in [2.05, 4.69) is 110 Å². The van der Waals surface area contributed by atoms with Crippen molar-refractivity contribution in [1.29, 1.82) is 0 Å². The molecule has 0 bridgehead atoms. The van der Waals surface area contributed by atoms with Crippen LogP contribution in [0.5, 0.6) is 0 Å². The molecular weight excluding hydrogens is 781 g/mol. The van der Waals surface area contributed by atoms with Crippen LogP contribution in [-0.4, -0.2) is 53.7 Å². The molecule has 13 aromatic rings. The number of rotatable bonds is 6. The second-order valence-corrected chi connectivity index (χ2v) is 15.3. The van der Waals surface area contributed by atoms with Gasteiger partial charge in [0.1, 0.15) is 28.4 Å². The van der Waals surface area contributed by atoms with Gasteiger partial charge in [0.25, 0.3) is 0 Å². The van der Waals surface area contributed by atoms with E-state index in [9.17, 15) is 0 Å². The normalized spacial score (nSPS) is 11.8. The van der Waals surface area contributed by atoms with Crippen molar-refractivity contribution in [3.8, 4) is 45.5 Å². The molecule has 0 unspecified atom stereocenters. The molecule has 0 aliphatic rings. The number of para-hydroxylation sites is 3. The van der Waals surface area contributed by atoms with Crippen molar-refractivity contribution in [1.82, 2.24) is 53.7 Å². The van der Waals surface area contributed by atoms with Gasteiger partial charge in [0.2, 0.25) is 17.5 Å². The summed E-state index contributed by atoms with van der Waals surface area (Å²) in [6.07, 6.45) is 13.0. The standard InChI is InChI=1S/C51H31N12/c1-10-32-13-4-22-52-44(32)41(19-1)61-48(58-39-17-8-26-56-50(39)61)36-28-37(49-59-40-18-9-27-57-51(40)62(49)42-20-2-11-33-14-5-23-53-45(33)42)30-38(29-36)60-31-35-16-7-25-55-47(35)63(60)43-21-3-12-34-15-6-24-54-46(34)43/h1-31H/q+1. The molecule has 12 nitrogen and oxygen atoms in total. The summed E-state index contributed by atoms with van der Waals surface area (Å²) >= 11 is 0. The van der Waals surface area contributed by atoms with E-state index in [4.69, 9.17) is 39.9 Å². The van der Waals surface area contributed by atoms with Gasteiger partial charge in [-0.05, 0) is 78.9 Å². The summed E-state index contributed by atoms with van der Waals surface area (Å²) in [4.78, 5) is 40.1. The SMILES string of the molecule is c1cnc2c(-n3c(-c4cc(-c5nc6cccnc6n5-c5cccc6cccnc56)cc(-[n+]5cc6cccnc6n5-c5cccc6cccnc56)c4)nc4cccnc43)cccc2c1. The van der Waals surface area contributed by atoms with Gasteiger partial charge < -0.3 is 0 Å². The molecule has 0 aliphatic heterocycles. The maximum atomic E-state index is 5.35. The van der Waals surface area contributed by atoms with Gasteiger partial charge in [-0.15, -0.1) is 0 Å². The van der Waals surface area contributed by atoms with Crippen LogP contribution in [0.4, 0.5) is 0 Å². The molecule has 63 heavy (non-hydrogen) atoms. The summed E-state index contributed by atoms with van der Waals surface area (Å²) in [6, 6.07) is 49.0. The second-order valence-electron chi connectivity index (χ2n) is 15.3. The van der Waals surface area contributed by atoms with Gasteiger partial charge in [0.05, 0.1) is 33.3 Å². The largest absolute Gasteiger partial charge is 0.274 e. The first-order chi connectivity index (χ1) is 31.2. The highest BCUT2D eigenvalue weighted by Crippen LogP contribution is 2.37. The summed E-state index contributed by atoms with van der Waals surface area (Å²) < 4.78 is 8.50.